The van der Waals surface area contributed by atoms with Crippen molar-refractivity contribution >= 4 is 41.1 Å². The second-order valence-electron chi connectivity index (χ2n) is 6.03. The molecule has 146 valence electrons. The van der Waals surface area contributed by atoms with E-state index in [1.165, 1.54) is 31.0 Å². The highest BCUT2D eigenvalue weighted by molar-refractivity contribution is 6.30. The van der Waals surface area contributed by atoms with Crippen molar-refractivity contribution in [3.8, 4) is 0 Å². The number of esters is 1. The number of carbonyl (C=O) groups excluding carboxylic acids is 4. The van der Waals surface area contributed by atoms with Gasteiger partial charge in [-0.25, -0.2) is 9.18 Å². The zero-order valence-corrected chi connectivity index (χ0v) is 15.6. The van der Waals surface area contributed by atoms with Gasteiger partial charge in [-0.2, -0.15) is 0 Å². The number of urea groups is 1. The summed E-state index contributed by atoms with van der Waals surface area (Å²) < 4.78 is 18.7. The van der Waals surface area contributed by atoms with E-state index in [0.29, 0.717) is 0 Å². The average Bonchev–Trinajstić information content (AvgIpc) is 2.83. The third-order valence-corrected chi connectivity index (χ3v) is 4.10. The average molecular weight is 400 g/mol. The van der Waals surface area contributed by atoms with Crippen LogP contribution in [0.4, 0.5) is 14.9 Å². The molecule has 1 fully saturated rings. The molecule has 0 saturated carbocycles. The fourth-order valence-electron chi connectivity index (χ4n) is 2.41. The van der Waals surface area contributed by atoms with E-state index in [-0.39, 0.29) is 42.5 Å². The molecule has 0 spiro atoms. The molecule has 1 atom stereocenters. The van der Waals surface area contributed by atoms with Crippen LogP contribution in [-0.2, 0) is 19.1 Å². The summed E-state index contributed by atoms with van der Waals surface area (Å²) in [5, 5.41) is 2.49. The number of imide groups is 1. The highest BCUT2D eigenvalue weighted by Crippen LogP contribution is 2.19. The maximum atomic E-state index is 13.7. The molecule has 0 aliphatic carbocycles. The summed E-state index contributed by atoms with van der Waals surface area (Å²) in [5.74, 6) is -2.40. The van der Waals surface area contributed by atoms with Crippen LogP contribution in [0.1, 0.15) is 19.8 Å². The van der Waals surface area contributed by atoms with Crippen molar-refractivity contribution in [1.82, 2.24) is 9.80 Å². The van der Waals surface area contributed by atoms with Crippen molar-refractivity contribution in [3.63, 3.8) is 0 Å². The Morgan fingerprint density at radius 3 is 2.67 bits per heavy atom. The van der Waals surface area contributed by atoms with E-state index in [1.807, 2.05) is 0 Å². The van der Waals surface area contributed by atoms with Crippen LogP contribution in [0.2, 0.25) is 5.02 Å². The lowest BCUT2D eigenvalue weighted by atomic mass is 10.2. The predicted octanol–water partition coefficient (Wildman–Crippen LogP) is 2.02. The standard InChI is InChI=1S/C17H19ClFN3O5/c1-10(16(25)20-13-6-5-11(18)8-12(13)19)27-15(24)4-3-7-22-14(23)9-21(2)17(22)26/h5-6,8,10H,3-4,7,9H2,1-2H3,(H,20,25)/t10-/m1/s1. The molecule has 4 amide bonds. The molecular formula is C17H19ClFN3O5. The van der Waals surface area contributed by atoms with Crippen LogP contribution in [0.25, 0.3) is 0 Å². The van der Waals surface area contributed by atoms with E-state index >= 15 is 0 Å². The number of hydrogen-bond acceptors (Lipinski definition) is 5. The number of anilines is 1. The predicted molar refractivity (Wildman–Crippen MR) is 94.6 cm³/mol. The Morgan fingerprint density at radius 2 is 2.07 bits per heavy atom. The molecule has 0 bridgehead atoms. The van der Waals surface area contributed by atoms with Crippen molar-refractivity contribution in [2.24, 2.45) is 0 Å². The first-order valence-corrected chi connectivity index (χ1v) is 8.57. The number of hydrogen-bond donors (Lipinski definition) is 1. The molecule has 1 saturated heterocycles. The van der Waals surface area contributed by atoms with Gasteiger partial charge in [-0.3, -0.25) is 19.3 Å². The summed E-state index contributed by atoms with van der Waals surface area (Å²) in [5.41, 5.74) is -0.0810. The van der Waals surface area contributed by atoms with Crippen LogP contribution < -0.4 is 5.32 Å². The summed E-state index contributed by atoms with van der Waals surface area (Å²) in [6.45, 7) is 1.46. The first kappa shape index (κ1) is 20.6. The Labute approximate surface area is 160 Å². The minimum absolute atomic E-state index is 0.0156. The summed E-state index contributed by atoms with van der Waals surface area (Å²) in [6, 6.07) is 3.35. The maximum Gasteiger partial charge on any atom is 0.326 e. The van der Waals surface area contributed by atoms with Crippen LogP contribution in [0.5, 0.6) is 0 Å². The number of ether oxygens (including phenoxy) is 1. The fraction of sp³-hybridized carbons (Fsp3) is 0.412. The number of nitrogens with zero attached hydrogens (tertiary/aromatic N) is 2. The van der Waals surface area contributed by atoms with Gasteiger partial charge in [0, 0.05) is 25.0 Å². The van der Waals surface area contributed by atoms with Crippen molar-refractivity contribution < 1.29 is 28.3 Å². The molecule has 0 radical (unpaired) electrons. The van der Waals surface area contributed by atoms with Gasteiger partial charge in [-0.15, -0.1) is 0 Å². The first-order valence-electron chi connectivity index (χ1n) is 8.20. The van der Waals surface area contributed by atoms with E-state index in [2.05, 4.69) is 5.32 Å². The molecule has 0 aromatic heterocycles. The van der Waals surface area contributed by atoms with Gasteiger partial charge in [0.05, 0.1) is 5.69 Å². The molecule has 2 rings (SSSR count). The smallest absolute Gasteiger partial charge is 0.326 e. The second-order valence-corrected chi connectivity index (χ2v) is 6.47. The lowest BCUT2D eigenvalue weighted by Gasteiger charge is -2.15. The Morgan fingerprint density at radius 1 is 1.37 bits per heavy atom. The van der Waals surface area contributed by atoms with Gasteiger partial charge in [0.15, 0.2) is 6.10 Å². The summed E-state index contributed by atoms with van der Waals surface area (Å²) in [6.07, 6.45) is -1.01. The monoisotopic (exact) mass is 399 g/mol. The Hall–Kier alpha value is -2.68. The van der Waals surface area contributed by atoms with Crippen molar-refractivity contribution in [3.05, 3.63) is 29.0 Å². The van der Waals surface area contributed by atoms with Gasteiger partial charge < -0.3 is 15.0 Å². The molecule has 1 aromatic rings. The molecule has 1 heterocycles. The third kappa shape index (κ3) is 5.40. The zero-order chi connectivity index (χ0) is 20.1. The van der Waals surface area contributed by atoms with Gasteiger partial charge in [0.25, 0.3) is 5.91 Å². The zero-order valence-electron chi connectivity index (χ0n) is 14.8. The Kier molecular flexibility index (Phi) is 6.73. The molecule has 1 aromatic carbocycles. The minimum Gasteiger partial charge on any atom is -0.453 e. The normalized spacial score (nSPS) is 15.1. The van der Waals surface area contributed by atoms with Crippen molar-refractivity contribution in [2.45, 2.75) is 25.9 Å². The molecule has 1 aliphatic rings. The van der Waals surface area contributed by atoms with Crippen LogP contribution in [0.3, 0.4) is 0 Å². The number of rotatable bonds is 7. The van der Waals surface area contributed by atoms with Gasteiger partial charge in [-0.1, -0.05) is 11.6 Å². The summed E-state index contributed by atoms with van der Waals surface area (Å²) in [7, 11) is 1.51. The summed E-state index contributed by atoms with van der Waals surface area (Å²) in [4.78, 5) is 49.5. The maximum absolute atomic E-state index is 13.7. The van der Waals surface area contributed by atoms with Crippen LogP contribution in [-0.4, -0.2) is 59.9 Å². The number of likely N-dealkylation sites (N-methyl/N-ethyl adjacent to an activating group) is 1. The lowest BCUT2D eigenvalue weighted by Crippen LogP contribution is -2.33. The molecule has 27 heavy (non-hydrogen) atoms. The number of amides is 4. The Bertz CT molecular complexity index is 773. The molecule has 1 N–H and O–H groups in total. The molecule has 10 heteroatoms. The number of benzene rings is 1. The van der Waals surface area contributed by atoms with E-state index < -0.39 is 29.8 Å². The van der Waals surface area contributed by atoms with Gasteiger partial charge in [0.1, 0.15) is 12.4 Å². The lowest BCUT2D eigenvalue weighted by molar-refractivity contribution is -0.153. The van der Waals surface area contributed by atoms with Crippen LogP contribution >= 0.6 is 11.6 Å². The fourth-order valence-corrected chi connectivity index (χ4v) is 2.56. The summed E-state index contributed by atoms with van der Waals surface area (Å²) >= 11 is 5.64. The van der Waals surface area contributed by atoms with Crippen LogP contribution in [0.15, 0.2) is 18.2 Å². The van der Waals surface area contributed by atoms with Gasteiger partial charge in [-0.05, 0) is 31.5 Å². The highest BCUT2D eigenvalue weighted by Gasteiger charge is 2.33. The number of nitrogens with one attached hydrogen (secondary N) is 1. The minimum atomic E-state index is -1.14. The number of halogens is 2. The molecule has 1 aliphatic heterocycles. The van der Waals surface area contributed by atoms with E-state index in [9.17, 15) is 23.6 Å². The van der Waals surface area contributed by atoms with Crippen molar-refractivity contribution in [1.29, 1.82) is 0 Å². The van der Waals surface area contributed by atoms with E-state index in [4.69, 9.17) is 16.3 Å². The highest BCUT2D eigenvalue weighted by atomic mass is 35.5. The first-order chi connectivity index (χ1) is 12.7. The molecule has 8 nitrogen and oxygen atoms in total. The Balaban J connectivity index is 1.77. The third-order valence-electron chi connectivity index (χ3n) is 3.86. The van der Waals surface area contributed by atoms with Crippen LogP contribution in [0, 0.1) is 5.82 Å². The SMILES string of the molecule is C[C@@H](OC(=O)CCCN1C(=O)CN(C)C1=O)C(=O)Nc1ccc(Cl)cc1F. The molecular weight excluding hydrogens is 381 g/mol. The van der Waals surface area contributed by atoms with Gasteiger partial charge in [0.2, 0.25) is 5.91 Å². The van der Waals surface area contributed by atoms with E-state index in [1.54, 1.807) is 0 Å². The quantitative estimate of drug-likeness (QED) is 0.559. The van der Waals surface area contributed by atoms with E-state index in [0.717, 1.165) is 11.0 Å². The van der Waals surface area contributed by atoms with Crippen molar-refractivity contribution in [2.75, 3.05) is 25.5 Å². The largest absolute Gasteiger partial charge is 0.453 e. The number of carbonyl (C=O) groups is 4. The molecule has 0 unspecified atom stereocenters. The second kappa shape index (κ2) is 8.81. The van der Waals surface area contributed by atoms with Gasteiger partial charge >= 0.3 is 12.0 Å². The topological polar surface area (TPSA) is 96.0 Å².